The molecule has 2 N–H and O–H groups in total. The Morgan fingerprint density at radius 1 is 1.35 bits per heavy atom. The van der Waals surface area contributed by atoms with Gasteiger partial charge in [-0.25, -0.2) is 4.98 Å². The number of pyridine rings is 1. The van der Waals surface area contributed by atoms with Crippen LogP contribution < -0.4 is 10.6 Å². The minimum atomic E-state index is -0.241. The fraction of sp³-hybridized carbons (Fsp3) is 0.133. The van der Waals surface area contributed by atoms with Crippen LogP contribution in [0.25, 0.3) is 0 Å². The fourth-order valence-corrected chi connectivity index (χ4v) is 1.70. The highest BCUT2D eigenvalue weighted by Gasteiger charge is 2.06. The van der Waals surface area contributed by atoms with Gasteiger partial charge in [0, 0.05) is 13.6 Å². The quantitative estimate of drug-likeness (QED) is 0.886. The van der Waals surface area contributed by atoms with E-state index in [1.807, 2.05) is 6.07 Å². The average Bonchev–Trinajstić information content (AvgIpc) is 2.53. The number of rotatable bonds is 4. The maximum Gasteiger partial charge on any atom is 0.270 e. The van der Waals surface area contributed by atoms with E-state index in [4.69, 9.17) is 5.26 Å². The van der Waals surface area contributed by atoms with E-state index in [1.165, 1.54) is 0 Å². The molecule has 1 amide bonds. The molecule has 1 aromatic carbocycles. The summed E-state index contributed by atoms with van der Waals surface area (Å²) in [5, 5.41) is 14.5. The normalized spacial score (nSPS) is 9.60. The van der Waals surface area contributed by atoms with Gasteiger partial charge in [0.15, 0.2) is 0 Å². The van der Waals surface area contributed by atoms with Crippen LogP contribution in [0.15, 0.2) is 42.6 Å². The van der Waals surface area contributed by atoms with Crippen LogP contribution in [0.5, 0.6) is 0 Å². The molecule has 0 unspecified atom stereocenters. The molecule has 1 heterocycles. The molecule has 100 valence electrons. The SMILES string of the molecule is CNc1ccc(C(=O)NCc2cccc(C#N)c2)nc1. The van der Waals surface area contributed by atoms with Crippen molar-refractivity contribution in [1.82, 2.24) is 10.3 Å². The first kappa shape index (κ1) is 13.6. The van der Waals surface area contributed by atoms with Crippen molar-refractivity contribution in [2.75, 3.05) is 12.4 Å². The molecular formula is C15H14N4O. The molecule has 5 nitrogen and oxygen atoms in total. The lowest BCUT2D eigenvalue weighted by Crippen LogP contribution is -2.23. The van der Waals surface area contributed by atoms with E-state index < -0.39 is 0 Å². The van der Waals surface area contributed by atoms with Gasteiger partial charge in [-0.2, -0.15) is 5.26 Å². The van der Waals surface area contributed by atoms with E-state index in [0.717, 1.165) is 11.3 Å². The predicted molar refractivity (Wildman–Crippen MR) is 76.1 cm³/mol. The van der Waals surface area contributed by atoms with Crippen molar-refractivity contribution < 1.29 is 4.79 Å². The van der Waals surface area contributed by atoms with Crippen molar-refractivity contribution in [3.8, 4) is 6.07 Å². The number of anilines is 1. The maximum atomic E-state index is 11.9. The van der Waals surface area contributed by atoms with E-state index in [9.17, 15) is 4.79 Å². The number of nitrogens with zero attached hydrogens (tertiary/aromatic N) is 2. The zero-order valence-electron chi connectivity index (χ0n) is 11.1. The van der Waals surface area contributed by atoms with Crippen molar-refractivity contribution >= 4 is 11.6 Å². The maximum absolute atomic E-state index is 11.9. The topological polar surface area (TPSA) is 77.8 Å². The molecule has 2 aromatic rings. The first-order valence-corrected chi connectivity index (χ1v) is 6.14. The van der Waals surface area contributed by atoms with Gasteiger partial charge < -0.3 is 10.6 Å². The molecule has 0 saturated heterocycles. The largest absolute Gasteiger partial charge is 0.387 e. The van der Waals surface area contributed by atoms with Crippen LogP contribution in [0.1, 0.15) is 21.6 Å². The summed E-state index contributed by atoms with van der Waals surface area (Å²) in [5.41, 5.74) is 2.67. The van der Waals surface area contributed by atoms with Crippen LogP contribution in [-0.2, 0) is 6.54 Å². The number of aromatic nitrogens is 1. The number of benzene rings is 1. The molecular weight excluding hydrogens is 252 g/mol. The van der Waals surface area contributed by atoms with Crippen molar-refractivity contribution in [3.05, 3.63) is 59.4 Å². The monoisotopic (exact) mass is 266 g/mol. The minimum absolute atomic E-state index is 0.241. The summed E-state index contributed by atoms with van der Waals surface area (Å²) in [5.74, 6) is -0.241. The fourth-order valence-electron chi connectivity index (χ4n) is 1.70. The highest BCUT2D eigenvalue weighted by Crippen LogP contribution is 2.06. The first-order valence-electron chi connectivity index (χ1n) is 6.14. The Hall–Kier alpha value is -2.87. The Balaban J connectivity index is 1.99. The smallest absolute Gasteiger partial charge is 0.270 e. The van der Waals surface area contributed by atoms with Gasteiger partial charge in [0.25, 0.3) is 5.91 Å². The Morgan fingerprint density at radius 3 is 2.85 bits per heavy atom. The Kier molecular flexibility index (Phi) is 4.30. The second-order valence-electron chi connectivity index (χ2n) is 4.18. The van der Waals surface area contributed by atoms with Crippen molar-refractivity contribution in [2.24, 2.45) is 0 Å². The molecule has 0 fully saturated rings. The lowest BCUT2D eigenvalue weighted by molar-refractivity contribution is 0.0946. The predicted octanol–water partition coefficient (Wildman–Crippen LogP) is 1.92. The van der Waals surface area contributed by atoms with Gasteiger partial charge in [-0.3, -0.25) is 4.79 Å². The van der Waals surface area contributed by atoms with E-state index >= 15 is 0 Å². The number of carbonyl (C=O) groups is 1. The molecule has 0 saturated carbocycles. The molecule has 2 rings (SSSR count). The van der Waals surface area contributed by atoms with Crippen LogP contribution in [-0.4, -0.2) is 17.9 Å². The van der Waals surface area contributed by atoms with Crippen LogP contribution in [0, 0.1) is 11.3 Å². The zero-order valence-corrected chi connectivity index (χ0v) is 11.1. The van der Waals surface area contributed by atoms with Crippen molar-refractivity contribution in [3.63, 3.8) is 0 Å². The van der Waals surface area contributed by atoms with E-state index in [0.29, 0.717) is 17.8 Å². The molecule has 0 aliphatic rings. The van der Waals surface area contributed by atoms with Gasteiger partial charge in [0.05, 0.1) is 23.5 Å². The molecule has 20 heavy (non-hydrogen) atoms. The highest BCUT2D eigenvalue weighted by molar-refractivity contribution is 5.92. The molecule has 0 aliphatic carbocycles. The van der Waals surface area contributed by atoms with Crippen LogP contribution in [0.3, 0.4) is 0 Å². The number of nitriles is 1. The average molecular weight is 266 g/mol. The van der Waals surface area contributed by atoms with Gasteiger partial charge >= 0.3 is 0 Å². The summed E-state index contributed by atoms with van der Waals surface area (Å²) in [7, 11) is 1.79. The molecule has 1 aromatic heterocycles. The van der Waals surface area contributed by atoms with Crippen molar-refractivity contribution in [1.29, 1.82) is 5.26 Å². The van der Waals surface area contributed by atoms with Gasteiger partial charge in [0.1, 0.15) is 5.69 Å². The first-order chi connectivity index (χ1) is 9.72. The molecule has 0 radical (unpaired) electrons. The lowest BCUT2D eigenvalue weighted by Gasteiger charge is -2.06. The Labute approximate surface area is 117 Å². The molecule has 0 aliphatic heterocycles. The number of nitrogens with one attached hydrogen (secondary N) is 2. The highest BCUT2D eigenvalue weighted by atomic mass is 16.1. The summed E-state index contributed by atoms with van der Waals surface area (Å²) in [6.07, 6.45) is 1.60. The third-order valence-electron chi connectivity index (χ3n) is 2.79. The summed E-state index contributed by atoms with van der Waals surface area (Å²) >= 11 is 0. The third kappa shape index (κ3) is 3.33. The van der Waals surface area contributed by atoms with Gasteiger partial charge in [-0.15, -0.1) is 0 Å². The van der Waals surface area contributed by atoms with Gasteiger partial charge in [-0.05, 0) is 29.8 Å². The molecule has 0 spiro atoms. The second-order valence-corrected chi connectivity index (χ2v) is 4.18. The minimum Gasteiger partial charge on any atom is -0.387 e. The second kappa shape index (κ2) is 6.34. The third-order valence-corrected chi connectivity index (χ3v) is 2.79. The van der Waals surface area contributed by atoms with Gasteiger partial charge in [-0.1, -0.05) is 12.1 Å². The van der Waals surface area contributed by atoms with Gasteiger partial charge in [0.2, 0.25) is 0 Å². The van der Waals surface area contributed by atoms with E-state index in [2.05, 4.69) is 21.7 Å². The van der Waals surface area contributed by atoms with E-state index in [1.54, 1.807) is 43.6 Å². The summed E-state index contributed by atoms with van der Waals surface area (Å²) in [6.45, 7) is 0.365. The van der Waals surface area contributed by atoms with Crippen LogP contribution >= 0.6 is 0 Å². The molecule has 0 atom stereocenters. The number of hydrogen-bond acceptors (Lipinski definition) is 4. The summed E-state index contributed by atoms with van der Waals surface area (Å²) in [4.78, 5) is 16.0. The van der Waals surface area contributed by atoms with Crippen LogP contribution in [0.4, 0.5) is 5.69 Å². The molecule has 0 bridgehead atoms. The summed E-state index contributed by atoms with van der Waals surface area (Å²) in [6, 6.07) is 12.6. The number of hydrogen-bond donors (Lipinski definition) is 2. The number of amides is 1. The lowest BCUT2D eigenvalue weighted by atomic mass is 10.1. The standard InChI is InChI=1S/C15H14N4O/c1-17-13-5-6-14(18-10-13)15(20)19-9-12-4-2-3-11(7-12)8-16/h2-7,10,17H,9H2,1H3,(H,19,20). The van der Waals surface area contributed by atoms with E-state index in [-0.39, 0.29) is 5.91 Å². The van der Waals surface area contributed by atoms with Crippen LogP contribution in [0.2, 0.25) is 0 Å². The van der Waals surface area contributed by atoms with Crippen molar-refractivity contribution in [2.45, 2.75) is 6.54 Å². The molecule has 5 heteroatoms. The zero-order chi connectivity index (χ0) is 14.4. The Morgan fingerprint density at radius 2 is 2.20 bits per heavy atom. The summed E-state index contributed by atoms with van der Waals surface area (Å²) < 4.78 is 0. The number of carbonyl (C=O) groups excluding carboxylic acids is 1. The Bertz CT molecular complexity index is 644.